The van der Waals surface area contributed by atoms with Crippen LogP contribution in [0.25, 0.3) is 0 Å². The molecule has 30 heavy (non-hydrogen) atoms. The van der Waals surface area contributed by atoms with Crippen LogP contribution in [-0.4, -0.2) is 37.0 Å². The predicted octanol–water partition coefficient (Wildman–Crippen LogP) is 4.36. The molecular formula is C24H44N2O4. The van der Waals surface area contributed by atoms with E-state index in [2.05, 4.69) is 17.6 Å². The molecule has 1 rings (SSSR count). The van der Waals surface area contributed by atoms with E-state index in [0.717, 1.165) is 38.0 Å². The molecule has 0 aliphatic heterocycles. The molecule has 0 aromatic carbocycles. The number of amides is 2. The lowest BCUT2D eigenvalue weighted by Crippen LogP contribution is -2.52. The van der Waals surface area contributed by atoms with Crippen LogP contribution in [-0.2, 0) is 19.1 Å². The molecule has 0 aromatic rings. The Kier molecular flexibility index (Phi) is 13.4. The van der Waals surface area contributed by atoms with Gasteiger partial charge < -0.3 is 15.4 Å². The molecule has 0 bridgehead atoms. The van der Waals surface area contributed by atoms with E-state index in [1.165, 1.54) is 38.5 Å². The van der Waals surface area contributed by atoms with Gasteiger partial charge in [-0.1, -0.05) is 65.7 Å². The normalized spacial score (nSPS) is 20.8. The van der Waals surface area contributed by atoms with Gasteiger partial charge in [0.1, 0.15) is 12.6 Å². The summed E-state index contributed by atoms with van der Waals surface area (Å²) in [5, 5.41) is 5.58. The Morgan fingerprint density at radius 3 is 2.23 bits per heavy atom. The van der Waals surface area contributed by atoms with Gasteiger partial charge in [-0.2, -0.15) is 0 Å². The van der Waals surface area contributed by atoms with Crippen LogP contribution in [0.3, 0.4) is 0 Å². The van der Waals surface area contributed by atoms with E-state index in [-0.39, 0.29) is 36.8 Å². The molecule has 0 radical (unpaired) electrons. The van der Waals surface area contributed by atoms with Crippen molar-refractivity contribution >= 4 is 17.8 Å². The molecule has 1 aliphatic carbocycles. The maximum absolute atomic E-state index is 12.8. The Balaban J connectivity index is 2.44. The minimum atomic E-state index is -0.617. The second-order valence-corrected chi connectivity index (χ2v) is 8.82. The van der Waals surface area contributed by atoms with Crippen LogP contribution in [0, 0.1) is 17.8 Å². The number of nitrogens with one attached hydrogen (secondary N) is 2. The van der Waals surface area contributed by atoms with Crippen molar-refractivity contribution in [3.05, 3.63) is 0 Å². The van der Waals surface area contributed by atoms with Crippen LogP contribution in [0.4, 0.5) is 0 Å². The van der Waals surface area contributed by atoms with Crippen molar-refractivity contribution in [1.82, 2.24) is 10.6 Å². The van der Waals surface area contributed by atoms with E-state index in [1.807, 2.05) is 13.8 Å². The maximum atomic E-state index is 12.8. The summed E-state index contributed by atoms with van der Waals surface area (Å²) in [6.07, 6.45) is 12.6. The van der Waals surface area contributed by atoms with Crippen LogP contribution in [0.5, 0.6) is 0 Å². The van der Waals surface area contributed by atoms with Crippen LogP contribution >= 0.6 is 0 Å². The topological polar surface area (TPSA) is 84.5 Å². The molecule has 0 aromatic heterocycles. The van der Waals surface area contributed by atoms with Crippen molar-refractivity contribution in [1.29, 1.82) is 0 Å². The Bertz CT molecular complexity index is 515. The third kappa shape index (κ3) is 9.94. The van der Waals surface area contributed by atoms with Gasteiger partial charge in [-0.15, -0.1) is 0 Å². The van der Waals surface area contributed by atoms with Gasteiger partial charge in [0.05, 0.1) is 6.61 Å². The van der Waals surface area contributed by atoms with Crippen LogP contribution < -0.4 is 10.6 Å². The lowest BCUT2D eigenvalue weighted by atomic mass is 9.79. The summed E-state index contributed by atoms with van der Waals surface area (Å²) in [6.45, 7) is 8.02. The average Bonchev–Trinajstić information content (AvgIpc) is 2.75. The summed E-state index contributed by atoms with van der Waals surface area (Å²) >= 11 is 0. The quantitative estimate of drug-likeness (QED) is 0.320. The fourth-order valence-corrected chi connectivity index (χ4v) is 4.20. The third-order valence-electron chi connectivity index (χ3n) is 6.44. The number of hydrogen-bond donors (Lipinski definition) is 2. The van der Waals surface area contributed by atoms with Gasteiger partial charge in [0.2, 0.25) is 11.8 Å². The minimum absolute atomic E-state index is 0.00407. The number of carbonyl (C=O) groups is 3. The average molecular weight is 425 g/mol. The fourth-order valence-electron chi connectivity index (χ4n) is 4.20. The van der Waals surface area contributed by atoms with E-state index in [9.17, 15) is 14.4 Å². The van der Waals surface area contributed by atoms with Crippen molar-refractivity contribution < 1.29 is 19.1 Å². The van der Waals surface area contributed by atoms with Crippen molar-refractivity contribution in [2.75, 3.05) is 13.2 Å². The highest BCUT2D eigenvalue weighted by Gasteiger charge is 2.31. The number of ether oxygens (including phenoxy) is 1. The smallest absolute Gasteiger partial charge is 0.325 e. The standard InChI is InChI=1S/C24H44N2O4/c1-5-8-9-10-11-12-19-13-15-20(16-14-19)23(28)26-22(18(4)6-2)24(29)25-17-21(27)30-7-3/h18-20,22H,5-17H2,1-4H3,(H,25,29)(H,26,28)/t18-,19?,20?,22+/m0/s1. The molecule has 1 saturated carbocycles. The van der Waals surface area contributed by atoms with E-state index in [1.54, 1.807) is 6.92 Å². The fraction of sp³-hybridized carbons (Fsp3) is 0.875. The zero-order chi connectivity index (χ0) is 22.4. The minimum Gasteiger partial charge on any atom is -0.465 e. The van der Waals surface area contributed by atoms with Gasteiger partial charge in [0.25, 0.3) is 0 Å². The van der Waals surface area contributed by atoms with Crippen molar-refractivity contribution in [2.45, 2.75) is 104 Å². The molecular weight excluding hydrogens is 380 g/mol. The van der Waals surface area contributed by atoms with Gasteiger partial charge in [0, 0.05) is 5.92 Å². The summed E-state index contributed by atoms with van der Waals surface area (Å²) < 4.78 is 4.85. The van der Waals surface area contributed by atoms with Crippen LogP contribution in [0.15, 0.2) is 0 Å². The molecule has 1 fully saturated rings. The molecule has 2 amide bonds. The first-order valence-corrected chi connectivity index (χ1v) is 12.2. The van der Waals surface area contributed by atoms with Gasteiger partial charge in [-0.3, -0.25) is 14.4 Å². The Morgan fingerprint density at radius 2 is 1.63 bits per heavy atom. The van der Waals surface area contributed by atoms with Gasteiger partial charge in [0.15, 0.2) is 0 Å². The van der Waals surface area contributed by atoms with Gasteiger partial charge in [-0.05, 0) is 44.4 Å². The second kappa shape index (κ2) is 15.2. The molecule has 0 unspecified atom stereocenters. The monoisotopic (exact) mass is 424 g/mol. The summed E-state index contributed by atoms with van der Waals surface area (Å²) in [4.78, 5) is 36.9. The third-order valence-corrected chi connectivity index (χ3v) is 6.44. The van der Waals surface area contributed by atoms with Crippen LogP contribution in [0.2, 0.25) is 0 Å². The lowest BCUT2D eigenvalue weighted by Gasteiger charge is -2.30. The zero-order valence-electron chi connectivity index (χ0n) is 19.6. The van der Waals surface area contributed by atoms with E-state index < -0.39 is 12.0 Å². The zero-order valence-corrected chi connectivity index (χ0v) is 19.6. The molecule has 6 heteroatoms. The number of rotatable bonds is 14. The summed E-state index contributed by atoms with van der Waals surface area (Å²) in [5.41, 5.74) is 0. The molecule has 0 spiro atoms. The second-order valence-electron chi connectivity index (χ2n) is 8.82. The molecule has 174 valence electrons. The van der Waals surface area contributed by atoms with Crippen LogP contribution in [0.1, 0.15) is 98.3 Å². The molecule has 1 aliphatic rings. The molecule has 2 N–H and O–H groups in total. The summed E-state index contributed by atoms with van der Waals surface area (Å²) in [5.74, 6) is -0.0668. The predicted molar refractivity (Wildman–Crippen MR) is 120 cm³/mol. The molecule has 2 atom stereocenters. The van der Waals surface area contributed by atoms with Crippen molar-refractivity contribution in [3.63, 3.8) is 0 Å². The first-order valence-electron chi connectivity index (χ1n) is 12.2. The Hall–Kier alpha value is -1.59. The Morgan fingerprint density at radius 1 is 0.967 bits per heavy atom. The van der Waals surface area contributed by atoms with E-state index in [0.29, 0.717) is 0 Å². The first-order chi connectivity index (χ1) is 14.4. The summed E-state index contributed by atoms with van der Waals surface area (Å²) in [6, 6.07) is -0.617. The number of carbonyl (C=O) groups excluding carboxylic acids is 3. The van der Waals surface area contributed by atoms with E-state index in [4.69, 9.17) is 4.74 Å². The Labute approximate surface area is 183 Å². The first kappa shape index (κ1) is 26.4. The number of esters is 1. The number of hydrogen-bond acceptors (Lipinski definition) is 4. The highest BCUT2D eigenvalue weighted by atomic mass is 16.5. The molecule has 0 heterocycles. The largest absolute Gasteiger partial charge is 0.465 e. The molecule has 6 nitrogen and oxygen atoms in total. The lowest BCUT2D eigenvalue weighted by molar-refractivity contribution is -0.143. The highest BCUT2D eigenvalue weighted by Crippen LogP contribution is 2.32. The summed E-state index contributed by atoms with van der Waals surface area (Å²) in [7, 11) is 0. The van der Waals surface area contributed by atoms with Crippen molar-refractivity contribution in [3.8, 4) is 0 Å². The maximum Gasteiger partial charge on any atom is 0.325 e. The van der Waals surface area contributed by atoms with E-state index >= 15 is 0 Å². The SMILES string of the molecule is CCCCCCCC1CCC(C(=O)N[C@@H](C(=O)NCC(=O)OCC)[C@@H](C)CC)CC1. The van der Waals surface area contributed by atoms with Gasteiger partial charge in [-0.25, -0.2) is 0 Å². The molecule has 0 saturated heterocycles. The number of unbranched alkanes of at least 4 members (excludes halogenated alkanes) is 4. The highest BCUT2D eigenvalue weighted by molar-refractivity contribution is 5.90. The van der Waals surface area contributed by atoms with Gasteiger partial charge >= 0.3 is 5.97 Å². The van der Waals surface area contributed by atoms with Crippen molar-refractivity contribution in [2.24, 2.45) is 17.8 Å².